The molecule has 156 valence electrons. The second-order valence-corrected chi connectivity index (χ2v) is 6.63. The van der Waals surface area contributed by atoms with Gasteiger partial charge in [0, 0.05) is 0 Å². The maximum absolute atomic E-state index is 13.3. The molecule has 1 aliphatic rings. The molecule has 3 amide bonds. The van der Waals surface area contributed by atoms with Gasteiger partial charge in [0.05, 0.1) is 12.1 Å². The molecule has 2 aromatic rings. The highest BCUT2D eigenvalue weighted by molar-refractivity contribution is 6.32. The van der Waals surface area contributed by atoms with E-state index in [9.17, 15) is 18.8 Å². The molecule has 30 heavy (non-hydrogen) atoms. The van der Waals surface area contributed by atoms with Crippen molar-refractivity contribution in [2.45, 2.75) is 6.61 Å². The zero-order valence-electron chi connectivity index (χ0n) is 15.6. The van der Waals surface area contributed by atoms with Crippen LogP contribution in [0.15, 0.2) is 42.1 Å². The van der Waals surface area contributed by atoms with Crippen LogP contribution in [0.5, 0.6) is 11.5 Å². The van der Waals surface area contributed by atoms with E-state index >= 15 is 0 Å². The molecule has 1 aliphatic heterocycles. The Labute approximate surface area is 175 Å². The Morgan fingerprint density at radius 1 is 1.30 bits per heavy atom. The average Bonchev–Trinajstić information content (AvgIpc) is 2.94. The number of nitrogens with one attached hydrogen (secondary N) is 1. The number of nitrogens with zero attached hydrogens (tertiary/aromatic N) is 1. The maximum Gasteiger partial charge on any atom is 0.329 e. The predicted molar refractivity (Wildman–Crippen MR) is 105 cm³/mol. The van der Waals surface area contributed by atoms with E-state index in [1.807, 2.05) is 0 Å². The lowest BCUT2D eigenvalue weighted by atomic mass is 10.1. The lowest BCUT2D eigenvalue weighted by molar-refractivity contribution is -0.140. The number of ether oxygens (including phenoxy) is 2. The Morgan fingerprint density at radius 3 is 2.73 bits per heavy atom. The highest BCUT2D eigenvalue weighted by Crippen LogP contribution is 2.37. The smallest absolute Gasteiger partial charge is 0.329 e. The molecule has 2 aromatic carbocycles. The molecule has 0 saturated carbocycles. The van der Waals surface area contributed by atoms with Crippen LogP contribution in [-0.2, 0) is 16.2 Å². The molecule has 0 aliphatic carbocycles. The van der Waals surface area contributed by atoms with Crippen LogP contribution in [0.2, 0.25) is 5.02 Å². The van der Waals surface area contributed by atoms with Crippen LogP contribution in [0.25, 0.3) is 6.08 Å². The van der Waals surface area contributed by atoms with E-state index in [0.717, 1.165) is 0 Å². The number of carbonyl (C=O) groups excluding carboxylic acids is 2. The van der Waals surface area contributed by atoms with Gasteiger partial charge >= 0.3 is 12.0 Å². The zero-order valence-corrected chi connectivity index (χ0v) is 16.4. The number of amides is 3. The van der Waals surface area contributed by atoms with Gasteiger partial charge in [-0.05, 0) is 41.5 Å². The Morgan fingerprint density at radius 2 is 2.07 bits per heavy atom. The third kappa shape index (κ3) is 4.69. The Kier molecular flexibility index (Phi) is 6.22. The fourth-order valence-electron chi connectivity index (χ4n) is 2.76. The van der Waals surface area contributed by atoms with Gasteiger partial charge in [0.1, 0.15) is 24.7 Å². The zero-order chi connectivity index (χ0) is 21.8. The van der Waals surface area contributed by atoms with Crippen LogP contribution in [0.4, 0.5) is 9.18 Å². The van der Waals surface area contributed by atoms with Crippen molar-refractivity contribution in [2.75, 3.05) is 13.7 Å². The number of rotatable bonds is 7. The normalized spacial score (nSPS) is 14.8. The molecule has 3 rings (SSSR count). The van der Waals surface area contributed by atoms with E-state index < -0.39 is 30.3 Å². The lowest BCUT2D eigenvalue weighted by Gasteiger charge is -2.13. The number of imide groups is 1. The molecule has 0 spiro atoms. The molecule has 1 fully saturated rings. The van der Waals surface area contributed by atoms with Gasteiger partial charge in [-0.15, -0.1) is 0 Å². The molecule has 1 heterocycles. The molecule has 1 saturated heterocycles. The first-order valence-corrected chi connectivity index (χ1v) is 8.97. The summed E-state index contributed by atoms with van der Waals surface area (Å²) in [7, 11) is 1.40. The number of benzene rings is 2. The van der Waals surface area contributed by atoms with E-state index in [1.54, 1.807) is 12.1 Å². The van der Waals surface area contributed by atoms with Gasteiger partial charge in [-0.3, -0.25) is 9.59 Å². The number of halogens is 2. The fourth-order valence-corrected chi connectivity index (χ4v) is 3.04. The third-order valence-electron chi connectivity index (χ3n) is 4.09. The Balaban J connectivity index is 1.83. The van der Waals surface area contributed by atoms with Crippen LogP contribution in [-0.4, -0.2) is 41.6 Å². The standard InChI is InChI=1S/C20H16ClFN2O6/c1-29-16-8-12(7-15-19(27)24(9-17(25)26)20(28)23-15)6-14(21)18(16)30-10-11-3-2-4-13(22)5-11/h2-8H,9-10H2,1H3,(H,23,28)(H,25,26)/b15-7+. The predicted octanol–water partition coefficient (Wildman–Crippen LogP) is 3.04. The van der Waals surface area contributed by atoms with Crippen molar-refractivity contribution >= 4 is 35.6 Å². The summed E-state index contributed by atoms with van der Waals surface area (Å²) >= 11 is 6.29. The first-order chi connectivity index (χ1) is 14.3. The maximum atomic E-state index is 13.3. The number of carboxylic acids is 1. The monoisotopic (exact) mass is 434 g/mol. The van der Waals surface area contributed by atoms with E-state index in [1.165, 1.54) is 37.5 Å². The Hall–Kier alpha value is -3.59. The quantitative estimate of drug-likeness (QED) is 0.512. The van der Waals surface area contributed by atoms with Gasteiger partial charge in [0.2, 0.25) is 0 Å². The molecular formula is C20H16ClFN2O6. The van der Waals surface area contributed by atoms with Crippen molar-refractivity contribution in [3.63, 3.8) is 0 Å². The number of aliphatic carboxylic acids is 1. The highest BCUT2D eigenvalue weighted by atomic mass is 35.5. The summed E-state index contributed by atoms with van der Waals surface area (Å²) in [6.45, 7) is -0.702. The first-order valence-electron chi connectivity index (χ1n) is 8.59. The van der Waals surface area contributed by atoms with Gasteiger partial charge in [-0.1, -0.05) is 23.7 Å². The number of hydrogen-bond acceptors (Lipinski definition) is 5. The minimum absolute atomic E-state index is 0.0486. The number of hydrogen-bond donors (Lipinski definition) is 2. The van der Waals surface area contributed by atoms with Crippen molar-refractivity contribution in [3.05, 3.63) is 64.1 Å². The Bertz CT molecular complexity index is 1060. The molecule has 10 heteroatoms. The minimum atomic E-state index is -1.32. The van der Waals surface area contributed by atoms with Gasteiger partial charge in [0.15, 0.2) is 11.5 Å². The molecule has 0 aromatic heterocycles. The SMILES string of the molecule is COc1cc(/C=C2/NC(=O)N(CC(=O)O)C2=O)cc(Cl)c1OCc1cccc(F)c1. The molecule has 0 atom stereocenters. The largest absolute Gasteiger partial charge is 0.493 e. The van der Waals surface area contributed by atoms with E-state index in [0.29, 0.717) is 16.0 Å². The third-order valence-corrected chi connectivity index (χ3v) is 4.37. The van der Waals surface area contributed by atoms with Gasteiger partial charge < -0.3 is 19.9 Å². The van der Waals surface area contributed by atoms with Gasteiger partial charge in [-0.2, -0.15) is 0 Å². The fraction of sp³-hybridized carbons (Fsp3) is 0.150. The minimum Gasteiger partial charge on any atom is -0.493 e. The second-order valence-electron chi connectivity index (χ2n) is 6.23. The highest BCUT2D eigenvalue weighted by Gasteiger charge is 2.34. The summed E-state index contributed by atoms with van der Waals surface area (Å²) in [5, 5.41) is 11.3. The number of carboxylic acid groups (broad SMARTS) is 1. The summed E-state index contributed by atoms with van der Waals surface area (Å²) < 4.78 is 24.3. The molecular weight excluding hydrogens is 419 g/mol. The van der Waals surface area contributed by atoms with Crippen molar-refractivity contribution in [3.8, 4) is 11.5 Å². The molecule has 8 nitrogen and oxygen atoms in total. The van der Waals surface area contributed by atoms with Crippen molar-refractivity contribution in [2.24, 2.45) is 0 Å². The van der Waals surface area contributed by atoms with Crippen LogP contribution in [0.3, 0.4) is 0 Å². The average molecular weight is 435 g/mol. The first kappa shape index (κ1) is 21.1. The summed E-state index contributed by atoms with van der Waals surface area (Å²) in [4.78, 5) is 35.4. The number of carbonyl (C=O) groups is 3. The number of methoxy groups -OCH3 is 1. The van der Waals surface area contributed by atoms with Crippen LogP contribution < -0.4 is 14.8 Å². The second kappa shape index (κ2) is 8.83. The summed E-state index contributed by atoms with van der Waals surface area (Å²) in [5.74, 6) is -2.01. The number of urea groups is 1. The van der Waals surface area contributed by atoms with Crippen molar-refractivity contribution in [1.82, 2.24) is 10.2 Å². The van der Waals surface area contributed by atoms with Crippen LogP contribution >= 0.6 is 11.6 Å². The lowest BCUT2D eigenvalue weighted by Crippen LogP contribution is -2.35. The van der Waals surface area contributed by atoms with Crippen LogP contribution in [0.1, 0.15) is 11.1 Å². The van der Waals surface area contributed by atoms with Gasteiger partial charge in [-0.25, -0.2) is 14.1 Å². The topological polar surface area (TPSA) is 105 Å². The molecule has 2 N–H and O–H groups in total. The summed E-state index contributed by atoms with van der Waals surface area (Å²) in [6, 6.07) is 8.08. The van der Waals surface area contributed by atoms with Crippen molar-refractivity contribution in [1.29, 1.82) is 0 Å². The summed E-state index contributed by atoms with van der Waals surface area (Å²) in [5.41, 5.74) is 0.903. The summed E-state index contributed by atoms with van der Waals surface area (Å²) in [6.07, 6.45) is 1.34. The van der Waals surface area contributed by atoms with Crippen LogP contribution in [0, 0.1) is 5.82 Å². The van der Waals surface area contributed by atoms with Crippen molar-refractivity contribution < 1.29 is 33.4 Å². The molecule has 0 bridgehead atoms. The molecule has 0 unspecified atom stereocenters. The van der Waals surface area contributed by atoms with E-state index in [-0.39, 0.29) is 28.8 Å². The molecule has 0 radical (unpaired) electrons. The van der Waals surface area contributed by atoms with E-state index in [2.05, 4.69) is 5.32 Å². The van der Waals surface area contributed by atoms with E-state index in [4.69, 9.17) is 26.2 Å². The van der Waals surface area contributed by atoms with Gasteiger partial charge in [0.25, 0.3) is 5.91 Å².